The molecule has 4 heteroatoms. The molecule has 0 saturated carbocycles. The van der Waals surface area contributed by atoms with E-state index in [4.69, 9.17) is 4.42 Å². The number of aryl methyl sites for hydroxylation is 1. The summed E-state index contributed by atoms with van der Waals surface area (Å²) in [5.74, 6) is 0.908. The van der Waals surface area contributed by atoms with Crippen molar-refractivity contribution >= 4 is 16.7 Å². The molecule has 22 heavy (non-hydrogen) atoms. The van der Waals surface area contributed by atoms with E-state index >= 15 is 0 Å². The van der Waals surface area contributed by atoms with E-state index in [1.54, 1.807) is 17.0 Å². The lowest BCUT2D eigenvalue weighted by molar-refractivity contribution is 0.0587. The highest BCUT2D eigenvalue weighted by atomic mass is 16.4. The van der Waals surface area contributed by atoms with Gasteiger partial charge in [0.2, 0.25) is 0 Å². The van der Waals surface area contributed by atoms with Crippen molar-refractivity contribution in [3.05, 3.63) is 46.0 Å². The second-order valence-corrected chi connectivity index (χ2v) is 6.64. The molecule has 1 aromatic heterocycles. The number of rotatable bonds is 1. The number of hydrogen-bond donors (Lipinski definition) is 0. The van der Waals surface area contributed by atoms with E-state index in [1.807, 2.05) is 19.1 Å². The number of likely N-dealkylation sites (tertiary alicyclic amines) is 1. The number of carbonyl (C=O) groups excluding carboxylic acids is 1. The Morgan fingerprint density at radius 2 is 1.86 bits per heavy atom. The van der Waals surface area contributed by atoms with E-state index in [9.17, 15) is 9.59 Å². The first-order valence-electron chi connectivity index (χ1n) is 7.78. The van der Waals surface area contributed by atoms with Gasteiger partial charge in [0.25, 0.3) is 5.91 Å². The molecule has 4 nitrogen and oxygen atoms in total. The van der Waals surface area contributed by atoms with Crippen LogP contribution < -0.4 is 5.63 Å². The molecular weight excluding hydrogens is 278 g/mol. The van der Waals surface area contributed by atoms with Crippen LogP contribution in [0.2, 0.25) is 0 Å². The summed E-state index contributed by atoms with van der Waals surface area (Å²) < 4.78 is 5.28. The van der Waals surface area contributed by atoms with Crippen molar-refractivity contribution in [2.75, 3.05) is 13.1 Å². The highest BCUT2D eigenvalue weighted by Crippen LogP contribution is 2.23. The Morgan fingerprint density at radius 3 is 2.55 bits per heavy atom. The Kier molecular flexibility index (Phi) is 3.77. The second kappa shape index (κ2) is 5.59. The second-order valence-electron chi connectivity index (χ2n) is 6.64. The normalized spacial score (nSPS) is 22.0. The maximum Gasteiger partial charge on any atom is 0.344 e. The molecule has 1 fully saturated rings. The number of fused-ring (bicyclic) bond motifs is 1. The van der Waals surface area contributed by atoms with E-state index in [-0.39, 0.29) is 11.7 Å². The van der Waals surface area contributed by atoms with Crippen molar-refractivity contribution in [1.29, 1.82) is 0 Å². The van der Waals surface area contributed by atoms with E-state index in [1.165, 1.54) is 0 Å². The highest BCUT2D eigenvalue weighted by Gasteiger charge is 2.27. The van der Waals surface area contributed by atoms with Crippen LogP contribution in [0.3, 0.4) is 0 Å². The van der Waals surface area contributed by atoms with Crippen LogP contribution in [-0.4, -0.2) is 23.9 Å². The minimum Gasteiger partial charge on any atom is -0.417 e. The van der Waals surface area contributed by atoms with Crippen LogP contribution in [0.4, 0.5) is 0 Å². The third-order valence-corrected chi connectivity index (χ3v) is 4.28. The number of piperidine rings is 1. The van der Waals surface area contributed by atoms with Crippen molar-refractivity contribution in [2.24, 2.45) is 11.8 Å². The zero-order valence-corrected chi connectivity index (χ0v) is 13.3. The maximum absolute atomic E-state index is 12.6. The van der Waals surface area contributed by atoms with Crippen molar-refractivity contribution in [3.63, 3.8) is 0 Å². The zero-order chi connectivity index (χ0) is 15.9. The first-order valence-corrected chi connectivity index (χ1v) is 7.78. The molecule has 2 unspecified atom stereocenters. The molecule has 0 spiro atoms. The summed E-state index contributed by atoms with van der Waals surface area (Å²) in [5.41, 5.74) is 0.556. The maximum atomic E-state index is 12.6. The first kappa shape index (κ1) is 14.8. The smallest absolute Gasteiger partial charge is 0.344 e. The van der Waals surface area contributed by atoms with Gasteiger partial charge in [-0.1, -0.05) is 31.5 Å². The molecule has 1 aromatic carbocycles. The summed E-state index contributed by atoms with van der Waals surface area (Å²) in [4.78, 5) is 26.6. The standard InChI is InChI=1S/C18H21NO3/c1-11-4-5-14-8-16(22-18(21)15(14)7-11)17(20)19-9-12(2)6-13(3)10-19/h4-5,7-8,12-13H,6,9-10H2,1-3H3. The molecule has 1 aliphatic heterocycles. The average Bonchev–Trinajstić information content (AvgIpc) is 2.46. The molecule has 1 aliphatic rings. The SMILES string of the molecule is Cc1ccc2cc(C(=O)N3CC(C)CC(C)C3)oc(=O)c2c1. The lowest BCUT2D eigenvalue weighted by atomic mass is 9.92. The van der Waals surface area contributed by atoms with Gasteiger partial charge < -0.3 is 9.32 Å². The van der Waals surface area contributed by atoms with Gasteiger partial charge in [0, 0.05) is 13.1 Å². The zero-order valence-electron chi connectivity index (χ0n) is 13.3. The Hall–Kier alpha value is -2.10. The Bertz CT molecular complexity index is 767. The van der Waals surface area contributed by atoms with Crippen molar-refractivity contribution < 1.29 is 9.21 Å². The van der Waals surface area contributed by atoms with Gasteiger partial charge in [-0.2, -0.15) is 0 Å². The number of benzene rings is 1. The van der Waals surface area contributed by atoms with E-state index in [2.05, 4.69) is 13.8 Å². The first-order chi connectivity index (χ1) is 10.4. The molecule has 0 bridgehead atoms. The summed E-state index contributed by atoms with van der Waals surface area (Å²) in [6.45, 7) is 7.66. The molecule has 116 valence electrons. The van der Waals surface area contributed by atoms with Gasteiger partial charge in [0.05, 0.1) is 5.39 Å². The predicted octanol–water partition coefficient (Wildman–Crippen LogP) is 3.22. The van der Waals surface area contributed by atoms with Crippen molar-refractivity contribution in [3.8, 4) is 0 Å². The highest BCUT2D eigenvalue weighted by molar-refractivity contribution is 5.95. The van der Waals surface area contributed by atoms with Gasteiger partial charge in [0.1, 0.15) is 0 Å². The molecule has 2 atom stereocenters. The van der Waals surface area contributed by atoms with Gasteiger partial charge in [0.15, 0.2) is 5.76 Å². The van der Waals surface area contributed by atoms with Crippen LogP contribution in [0.25, 0.3) is 10.8 Å². The third-order valence-electron chi connectivity index (χ3n) is 4.28. The van der Waals surface area contributed by atoms with Gasteiger partial charge >= 0.3 is 5.63 Å². The summed E-state index contributed by atoms with van der Waals surface area (Å²) >= 11 is 0. The average molecular weight is 299 g/mol. The lowest BCUT2D eigenvalue weighted by Crippen LogP contribution is -2.42. The van der Waals surface area contributed by atoms with Crippen LogP contribution in [-0.2, 0) is 0 Å². The molecule has 1 amide bonds. The summed E-state index contributed by atoms with van der Waals surface area (Å²) in [5, 5.41) is 1.28. The molecule has 0 N–H and O–H groups in total. The Morgan fingerprint density at radius 1 is 1.18 bits per heavy atom. The molecule has 3 rings (SSSR count). The fraction of sp³-hybridized carbons (Fsp3) is 0.444. The van der Waals surface area contributed by atoms with Crippen LogP contribution in [0.5, 0.6) is 0 Å². The van der Waals surface area contributed by atoms with Crippen LogP contribution in [0, 0.1) is 18.8 Å². The Labute approximate surface area is 129 Å². The largest absolute Gasteiger partial charge is 0.417 e. The minimum absolute atomic E-state index is 0.141. The van der Waals surface area contributed by atoms with Gasteiger partial charge in [-0.15, -0.1) is 0 Å². The summed E-state index contributed by atoms with van der Waals surface area (Å²) in [6.07, 6.45) is 1.13. The summed E-state index contributed by atoms with van der Waals surface area (Å²) in [6, 6.07) is 7.27. The third kappa shape index (κ3) is 2.78. The van der Waals surface area contributed by atoms with E-state index in [0.29, 0.717) is 17.2 Å². The van der Waals surface area contributed by atoms with E-state index in [0.717, 1.165) is 30.5 Å². The molecule has 1 saturated heterocycles. The molecule has 0 radical (unpaired) electrons. The number of nitrogens with zero attached hydrogens (tertiary/aromatic N) is 1. The van der Waals surface area contributed by atoms with Crippen molar-refractivity contribution in [2.45, 2.75) is 27.2 Å². The number of hydrogen-bond acceptors (Lipinski definition) is 3. The monoisotopic (exact) mass is 299 g/mol. The fourth-order valence-electron chi connectivity index (χ4n) is 3.39. The van der Waals surface area contributed by atoms with Gasteiger partial charge in [-0.05, 0) is 42.7 Å². The molecule has 2 aromatic rings. The molecular formula is C18H21NO3. The molecule has 2 heterocycles. The topological polar surface area (TPSA) is 50.5 Å². The van der Waals surface area contributed by atoms with Crippen LogP contribution in [0.1, 0.15) is 36.4 Å². The fourth-order valence-corrected chi connectivity index (χ4v) is 3.39. The van der Waals surface area contributed by atoms with Gasteiger partial charge in [-0.3, -0.25) is 4.79 Å². The minimum atomic E-state index is -0.442. The van der Waals surface area contributed by atoms with Crippen LogP contribution in [0.15, 0.2) is 33.5 Å². The van der Waals surface area contributed by atoms with E-state index < -0.39 is 5.63 Å². The number of carbonyl (C=O) groups is 1. The molecule has 0 aliphatic carbocycles. The predicted molar refractivity (Wildman–Crippen MR) is 86.1 cm³/mol. The summed E-state index contributed by atoms with van der Waals surface area (Å²) in [7, 11) is 0. The lowest BCUT2D eigenvalue weighted by Gasteiger charge is -2.34. The van der Waals surface area contributed by atoms with Crippen molar-refractivity contribution in [1.82, 2.24) is 4.90 Å². The number of amides is 1. The Balaban J connectivity index is 1.97. The van der Waals surface area contributed by atoms with Crippen LogP contribution >= 0.6 is 0 Å². The van der Waals surface area contributed by atoms with Gasteiger partial charge in [-0.25, -0.2) is 4.79 Å². The quantitative estimate of drug-likeness (QED) is 0.812.